The predicted molar refractivity (Wildman–Crippen MR) is 108 cm³/mol. The minimum absolute atomic E-state index is 0.124. The van der Waals surface area contributed by atoms with Crippen LogP contribution in [0.25, 0.3) is 0 Å². The highest BCUT2D eigenvalue weighted by atomic mass is 16.3. The Bertz CT molecular complexity index is 767. The van der Waals surface area contributed by atoms with Crippen molar-refractivity contribution in [3.8, 4) is 0 Å². The van der Waals surface area contributed by atoms with Crippen molar-refractivity contribution < 1.29 is 14.0 Å². The summed E-state index contributed by atoms with van der Waals surface area (Å²) in [6.45, 7) is 7.28. The van der Waals surface area contributed by atoms with E-state index in [1.165, 1.54) is 6.26 Å². The lowest BCUT2D eigenvalue weighted by atomic mass is 10.1. The summed E-state index contributed by atoms with van der Waals surface area (Å²) in [5, 5.41) is 2.85. The molecule has 0 atom stereocenters. The van der Waals surface area contributed by atoms with E-state index >= 15 is 0 Å². The molecule has 0 saturated heterocycles. The molecule has 27 heavy (non-hydrogen) atoms. The molecule has 1 N–H and O–H groups in total. The van der Waals surface area contributed by atoms with Crippen molar-refractivity contribution in [1.29, 1.82) is 0 Å². The number of carbonyl (C=O) groups is 2. The molecule has 0 radical (unpaired) electrons. The SMILES string of the molecule is CCC(=O)N(Cc1cc(NC(=O)c2ccco2)ccc1N(C)C)CC(C)C. The van der Waals surface area contributed by atoms with Crippen molar-refractivity contribution in [3.05, 3.63) is 47.9 Å². The highest BCUT2D eigenvalue weighted by Gasteiger charge is 2.17. The van der Waals surface area contributed by atoms with Crippen molar-refractivity contribution in [2.75, 3.05) is 30.9 Å². The molecule has 0 aliphatic carbocycles. The van der Waals surface area contributed by atoms with Gasteiger partial charge in [-0.15, -0.1) is 0 Å². The summed E-state index contributed by atoms with van der Waals surface area (Å²) in [6, 6.07) is 9.03. The fraction of sp³-hybridized carbons (Fsp3) is 0.429. The second kappa shape index (κ2) is 9.26. The Balaban J connectivity index is 2.28. The second-order valence-corrected chi connectivity index (χ2v) is 7.19. The van der Waals surface area contributed by atoms with Crippen molar-refractivity contribution in [2.45, 2.75) is 33.7 Å². The maximum atomic E-state index is 12.4. The summed E-state index contributed by atoms with van der Waals surface area (Å²) in [7, 11) is 3.93. The largest absolute Gasteiger partial charge is 0.459 e. The minimum Gasteiger partial charge on any atom is -0.459 e. The lowest BCUT2D eigenvalue weighted by Gasteiger charge is -2.27. The molecule has 0 spiro atoms. The van der Waals surface area contributed by atoms with E-state index in [9.17, 15) is 9.59 Å². The van der Waals surface area contributed by atoms with Gasteiger partial charge in [0.2, 0.25) is 5.91 Å². The van der Waals surface area contributed by atoms with E-state index in [-0.39, 0.29) is 17.6 Å². The number of benzene rings is 1. The molecule has 2 amide bonds. The van der Waals surface area contributed by atoms with Crippen LogP contribution in [-0.4, -0.2) is 37.4 Å². The first-order valence-corrected chi connectivity index (χ1v) is 9.24. The van der Waals surface area contributed by atoms with Gasteiger partial charge in [-0.2, -0.15) is 0 Å². The van der Waals surface area contributed by atoms with Crippen LogP contribution in [0, 0.1) is 5.92 Å². The monoisotopic (exact) mass is 371 g/mol. The van der Waals surface area contributed by atoms with Crippen LogP contribution in [0.4, 0.5) is 11.4 Å². The van der Waals surface area contributed by atoms with E-state index in [1.807, 2.05) is 49.0 Å². The summed E-state index contributed by atoms with van der Waals surface area (Å²) in [5.41, 5.74) is 2.67. The number of carbonyl (C=O) groups excluding carboxylic acids is 2. The van der Waals surface area contributed by atoms with Crippen LogP contribution in [0.15, 0.2) is 41.0 Å². The zero-order chi connectivity index (χ0) is 20.0. The number of nitrogens with one attached hydrogen (secondary N) is 1. The van der Waals surface area contributed by atoms with Gasteiger partial charge in [-0.3, -0.25) is 9.59 Å². The molecule has 2 rings (SSSR count). The van der Waals surface area contributed by atoms with Crippen molar-refractivity contribution >= 4 is 23.2 Å². The van der Waals surface area contributed by atoms with Gasteiger partial charge in [0.25, 0.3) is 5.91 Å². The Morgan fingerprint density at radius 2 is 1.93 bits per heavy atom. The van der Waals surface area contributed by atoms with Crippen LogP contribution < -0.4 is 10.2 Å². The zero-order valence-corrected chi connectivity index (χ0v) is 16.8. The van der Waals surface area contributed by atoms with E-state index in [1.54, 1.807) is 12.1 Å². The number of rotatable bonds is 8. The summed E-state index contributed by atoms with van der Waals surface area (Å²) < 4.78 is 5.14. The van der Waals surface area contributed by atoms with E-state index in [2.05, 4.69) is 19.2 Å². The van der Waals surface area contributed by atoms with Gasteiger partial charge >= 0.3 is 0 Å². The molecule has 1 aromatic carbocycles. The Morgan fingerprint density at radius 1 is 1.19 bits per heavy atom. The zero-order valence-electron chi connectivity index (χ0n) is 16.8. The standard InChI is InChI=1S/C21H29N3O3/c1-6-20(25)24(13-15(2)3)14-16-12-17(9-10-18(16)23(4)5)22-21(26)19-8-7-11-27-19/h7-12,15H,6,13-14H2,1-5H3,(H,22,26). The molecule has 6 nitrogen and oxygen atoms in total. The Kier molecular flexibility index (Phi) is 7.05. The number of furan rings is 1. The maximum absolute atomic E-state index is 12.4. The number of anilines is 2. The molecule has 0 aliphatic heterocycles. The lowest BCUT2D eigenvalue weighted by molar-refractivity contribution is -0.132. The first kappa shape index (κ1) is 20.6. The lowest BCUT2D eigenvalue weighted by Crippen LogP contribution is -2.33. The molecular weight excluding hydrogens is 342 g/mol. The van der Waals surface area contributed by atoms with Gasteiger partial charge in [0, 0.05) is 45.0 Å². The number of nitrogens with zero attached hydrogens (tertiary/aromatic N) is 2. The summed E-state index contributed by atoms with van der Waals surface area (Å²) in [6.07, 6.45) is 1.94. The molecule has 0 bridgehead atoms. The van der Waals surface area contributed by atoms with E-state index in [4.69, 9.17) is 4.42 Å². The quantitative estimate of drug-likeness (QED) is 0.762. The third-order valence-corrected chi connectivity index (χ3v) is 4.17. The van der Waals surface area contributed by atoms with Gasteiger partial charge in [0.15, 0.2) is 5.76 Å². The third kappa shape index (κ3) is 5.61. The molecule has 0 fully saturated rings. The molecule has 0 aliphatic rings. The molecule has 1 aromatic heterocycles. The Morgan fingerprint density at radius 3 is 2.48 bits per heavy atom. The van der Waals surface area contributed by atoms with Crippen LogP contribution in [0.1, 0.15) is 43.3 Å². The highest BCUT2D eigenvalue weighted by molar-refractivity contribution is 6.02. The molecule has 0 saturated carbocycles. The van der Waals surface area contributed by atoms with Gasteiger partial charge in [-0.05, 0) is 41.8 Å². The Hall–Kier alpha value is -2.76. The summed E-state index contributed by atoms with van der Waals surface area (Å²) in [4.78, 5) is 28.5. The van der Waals surface area contributed by atoms with Crippen molar-refractivity contribution in [2.24, 2.45) is 5.92 Å². The maximum Gasteiger partial charge on any atom is 0.291 e. The average Bonchev–Trinajstić information content (AvgIpc) is 3.14. The fourth-order valence-corrected chi connectivity index (χ4v) is 2.95. The van der Waals surface area contributed by atoms with Crippen LogP contribution in [-0.2, 0) is 11.3 Å². The minimum atomic E-state index is -0.299. The van der Waals surface area contributed by atoms with E-state index in [0.717, 1.165) is 11.3 Å². The van der Waals surface area contributed by atoms with Gasteiger partial charge in [-0.1, -0.05) is 20.8 Å². The van der Waals surface area contributed by atoms with Crippen LogP contribution in [0.3, 0.4) is 0 Å². The van der Waals surface area contributed by atoms with Gasteiger partial charge in [0.05, 0.1) is 6.26 Å². The van der Waals surface area contributed by atoms with Crippen LogP contribution >= 0.6 is 0 Å². The smallest absolute Gasteiger partial charge is 0.291 e. The topological polar surface area (TPSA) is 65.8 Å². The average molecular weight is 371 g/mol. The predicted octanol–water partition coefficient (Wildman–Crippen LogP) is 3.99. The first-order valence-electron chi connectivity index (χ1n) is 9.24. The Labute approximate surface area is 161 Å². The summed E-state index contributed by atoms with van der Waals surface area (Å²) >= 11 is 0. The number of hydrogen-bond donors (Lipinski definition) is 1. The fourth-order valence-electron chi connectivity index (χ4n) is 2.95. The third-order valence-electron chi connectivity index (χ3n) is 4.17. The number of amides is 2. The number of hydrogen-bond acceptors (Lipinski definition) is 4. The first-order chi connectivity index (χ1) is 12.8. The van der Waals surface area contributed by atoms with E-state index in [0.29, 0.717) is 31.1 Å². The second-order valence-electron chi connectivity index (χ2n) is 7.19. The van der Waals surface area contributed by atoms with Crippen molar-refractivity contribution in [1.82, 2.24) is 4.90 Å². The van der Waals surface area contributed by atoms with Gasteiger partial charge < -0.3 is 19.5 Å². The highest BCUT2D eigenvalue weighted by Crippen LogP contribution is 2.25. The molecule has 6 heteroatoms. The van der Waals surface area contributed by atoms with Crippen LogP contribution in [0.5, 0.6) is 0 Å². The van der Waals surface area contributed by atoms with Crippen LogP contribution in [0.2, 0.25) is 0 Å². The van der Waals surface area contributed by atoms with Crippen molar-refractivity contribution in [3.63, 3.8) is 0 Å². The molecule has 0 unspecified atom stereocenters. The van der Waals surface area contributed by atoms with Gasteiger partial charge in [0.1, 0.15) is 0 Å². The normalized spacial score (nSPS) is 10.7. The van der Waals surface area contributed by atoms with E-state index < -0.39 is 0 Å². The molecule has 1 heterocycles. The summed E-state index contributed by atoms with van der Waals surface area (Å²) in [5.74, 6) is 0.464. The van der Waals surface area contributed by atoms with Gasteiger partial charge in [-0.25, -0.2) is 0 Å². The molecule has 146 valence electrons. The molecular formula is C21H29N3O3. The molecule has 2 aromatic rings.